The Morgan fingerprint density at radius 2 is 1.95 bits per heavy atom. The van der Waals surface area contributed by atoms with Crippen LogP contribution in [0.5, 0.6) is 0 Å². The molecule has 0 bridgehead atoms. The molecule has 1 heterocycles. The van der Waals surface area contributed by atoms with Crippen molar-refractivity contribution in [2.45, 2.75) is 13.5 Å². The van der Waals surface area contributed by atoms with E-state index >= 15 is 0 Å². The third-order valence-electron chi connectivity index (χ3n) is 2.70. The zero-order valence-electron chi connectivity index (χ0n) is 10.3. The summed E-state index contributed by atoms with van der Waals surface area (Å²) in [5.41, 5.74) is 2.36. The van der Waals surface area contributed by atoms with Gasteiger partial charge in [0.15, 0.2) is 0 Å². The number of hydrogen-bond acceptors (Lipinski definition) is 2. The molecule has 7 heteroatoms. The Balaban J connectivity index is 2.24. The van der Waals surface area contributed by atoms with E-state index in [2.05, 4.69) is 26.3 Å². The van der Waals surface area contributed by atoms with Crippen LogP contribution in [0.25, 0.3) is 0 Å². The van der Waals surface area contributed by atoms with E-state index in [9.17, 15) is 4.39 Å². The molecule has 0 saturated heterocycles. The number of hydrogen-bond donors (Lipinski definition) is 1. The first-order chi connectivity index (χ1) is 8.90. The van der Waals surface area contributed by atoms with Crippen molar-refractivity contribution in [2.75, 3.05) is 5.32 Å². The van der Waals surface area contributed by atoms with Gasteiger partial charge in [-0.2, -0.15) is 5.10 Å². The molecule has 1 aromatic carbocycles. The third-order valence-corrected chi connectivity index (χ3v) is 4.33. The van der Waals surface area contributed by atoms with E-state index in [-0.39, 0.29) is 10.0 Å². The second-order valence-corrected chi connectivity index (χ2v) is 5.68. The van der Waals surface area contributed by atoms with Gasteiger partial charge >= 0.3 is 0 Å². The molecule has 0 atom stereocenters. The van der Waals surface area contributed by atoms with Crippen LogP contribution in [0.4, 0.5) is 10.1 Å². The van der Waals surface area contributed by atoms with Crippen molar-refractivity contribution in [2.24, 2.45) is 7.05 Å². The molecule has 102 valence electrons. The monoisotopic (exact) mass is 365 g/mol. The quantitative estimate of drug-likeness (QED) is 0.863. The van der Waals surface area contributed by atoms with Crippen LogP contribution in [0, 0.1) is 12.7 Å². The Morgan fingerprint density at radius 1 is 1.37 bits per heavy atom. The molecule has 2 rings (SSSR count). The lowest BCUT2D eigenvalue weighted by atomic mass is 10.3. The highest BCUT2D eigenvalue weighted by molar-refractivity contribution is 9.10. The lowest BCUT2D eigenvalue weighted by Gasteiger charge is -2.11. The highest BCUT2D eigenvalue weighted by Crippen LogP contribution is 2.32. The molecule has 0 aliphatic heterocycles. The van der Waals surface area contributed by atoms with Gasteiger partial charge in [-0.15, -0.1) is 0 Å². The maximum absolute atomic E-state index is 13.1. The second kappa shape index (κ2) is 5.69. The lowest BCUT2D eigenvalue weighted by molar-refractivity contribution is 0.628. The summed E-state index contributed by atoms with van der Waals surface area (Å²) in [6, 6.07) is 2.44. The van der Waals surface area contributed by atoms with E-state index in [1.165, 1.54) is 12.1 Å². The predicted molar refractivity (Wildman–Crippen MR) is 79.4 cm³/mol. The van der Waals surface area contributed by atoms with Crippen molar-refractivity contribution < 1.29 is 4.39 Å². The van der Waals surface area contributed by atoms with Crippen LogP contribution in [-0.4, -0.2) is 9.78 Å². The molecule has 1 N–H and O–H groups in total. The van der Waals surface area contributed by atoms with Gasteiger partial charge < -0.3 is 5.32 Å². The normalized spacial score (nSPS) is 10.8. The zero-order valence-corrected chi connectivity index (χ0v) is 13.4. The fraction of sp³-hybridized carbons (Fsp3) is 0.250. The summed E-state index contributed by atoms with van der Waals surface area (Å²) < 4.78 is 15.8. The van der Waals surface area contributed by atoms with E-state index in [0.29, 0.717) is 12.2 Å². The van der Waals surface area contributed by atoms with Crippen molar-refractivity contribution in [1.82, 2.24) is 9.78 Å². The first kappa shape index (κ1) is 14.6. The maximum Gasteiger partial charge on any atom is 0.126 e. The second-order valence-electron chi connectivity index (χ2n) is 4.07. The average molecular weight is 367 g/mol. The minimum absolute atomic E-state index is 0.250. The number of rotatable bonds is 3. The summed E-state index contributed by atoms with van der Waals surface area (Å²) in [5, 5.41) is 7.88. The highest BCUT2D eigenvalue weighted by atomic mass is 79.9. The van der Waals surface area contributed by atoms with E-state index in [1.807, 2.05) is 14.0 Å². The molecule has 0 amide bonds. The summed E-state index contributed by atoms with van der Waals surface area (Å²) in [4.78, 5) is 0. The van der Waals surface area contributed by atoms with Gasteiger partial charge in [-0.25, -0.2) is 4.39 Å². The van der Waals surface area contributed by atoms with Crippen molar-refractivity contribution in [1.29, 1.82) is 0 Å². The number of aromatic nitrogens is 2. The van der Waals surface area contributed by atoms with Crippen LogP contribution in [0.3, 0.4) is 0 Å². The first-order valence-corrected chi connectivity index (χ1v) is 7.01. The van der Waals surface area contributed by atoms with Gasteiger partial charge in [0.2, 0.25) is 0 Å². The predicted octanol–water partition coefficient (Wildman–Crippen LogP) is 4.55. The summed E-state index contributed by atoms with van der Waals surface area (Å²) in [7, 11) is 1.85. The number of nitrogens with zero attached hydrogens (tertiary/aromatic N) is 2. The van der Waals surface area contributed by atoms with Crippen LogP contribution in [0.1, 0.15) is 11.4 Å². The minimum Gasteiger partial charge on any atom is -0.377 e. The van der Waals surface area contributed by atoms with E-state index in [4.69, 9.17) is 23.2 Å². The van der Waals surface area contributed by atoms with E-state index in [1.54, 1.807) is 4.68 Å². The van der Waals surface area contributed by atoms with Gasteiger partial charge in [-0.1, -0.05) is 23.2 Å². The molecular formula is C12H11BrCl2FN3. The fourth-order valence-electron chi connectivity index (χ4n) is 1.76. The van der Waals surface area contributed by atoms with Crippen molar-refractivity contribution in [3.63, 3.8) is 0 Å². The summed E-state index contributed by atoms with van der Waals surface area (Å²) in [6.07, 6.45) is 0. The summed E-state index contributed by atoms with van der Waals surface area (Å²) >= 11 is 15.4. The number of benzene rings is 1. The number of anilines is 1. The number of halogens is 4. The van der Waals surface area contributed by atoms with Crippen LogP contribution in [0.15, 0.2) is 16.6 Å². The largest absolute Gasteiger partial charge is 0.377 e. The fourth-order valence-corrected chi connectivity index (χ4v) is 2.83. The Labute approximate surface area is 128 Å². The number of aryl methyl sites for hydroxylation is 2. The zero-order chi connectivity index (χ0) is 14.2. The Hall–Kier alpha value is -0.780. The average Bonchev–Trinajstić information content (AvgIpc) is 2.53. The summed E-state index contributed by atoms with van der Waals surface area (Å²) in [6.45, 7) is 2.38. The molecule has 0 radical (unpaired) electrons. The molecule has 0 fully saturated rings. The minimum atomic E-state index is -0.460. The van der Waals surface area contributed by atoms with Crippen LogP contribution >= 0.6 is 39.1 Å². The molecule has 2 aromatic rings. The SMILES string of the molecule is Cc1nn(C)c(CNc2c(Cl)cc(F)cc2Cl)c1Br. The molecule has 0 aliphatic rings. The van der Waals surface area contributed by atoms with Crippen LogP contribution < -0.4 is 5.32 Å². The summed E-state index contributed by atoms with van der Waals surface area (Å²) in [5.74, 6) is -0.460. The molecule has 0 saturated carbocycles. The topological polar surface area (TPSA) is 29.9 Å². The Bertz CT molecular complexity index is 605. The smallest absolute Gasteiger partial charge is 0.126 e. The van der Waals surface area contributed by atoms with Crippen molar-refractivity contribution in [3.05, 3.63) is 43.9 Å². The lowest BCUT2D eigenvalue weighted by Crippen LogP contribution is -2.07. The maximum atomic E-state index is 13.1. The van der Waals surface area contributed by atoms with Gasteiger partial charge in [0.05, 0.1) is 38.1 Å². The van der Waals surface area contributed by atoms with Crippen LogP contribution in [-0.2, 0) is 13.6 Å². The Kier molecular flexibility index (Phi) is 4.38. The standard InChI is InChI=1S/C12H11BrCl2FN3/c1-6-11(13)10(19(2)18-6)5-17-12-8(14)3-7(16)4-9(12)15/h3-4,17H,5H2,1-2H3. The third kappa shape index (κ3) is 3.04. The molecule has 19 heavy (non-hydrogen) atoms. The molecule has 0 aliphatic carbocycles. The van der Waals surface area contributed by atoms with Gasteiger partial charge in [-0.3, -0.25) is 4.68 Å². The van der Waals surface area contributed by atoms with E-state index < -0.39 is 5.82 Å². The molecule has 3 nitrogen and oxygen atoms in total. The van der Waals surface area contributed by atoms with Gasteiger partial charge in [-0.05, 0) is 35.0 Å². The van der Waals surface area contributed by atoms with Gasteiger partial charge in [0.1, 0.15) is 5.82 Å². The first-order valence-electron chi connectivity index (χ1n) is 5.46. The molecular weight excluding hydrogens is 356 g/mol. The van der Waals surface area contributed by atoms with Gasteiger partial charge in [0, 0.05) is 7.05 Å². The van der Waals surface area contributed by atoms with Crippen LogP contribution in [0.2, 0.25) is 10.0 Å². The molecule has 1 aromatic heterocycles. The molecule has 0 spiro atoms. The van der Waals surface area contributed by atoms with Crippen molar-refractivity contribution in [3.8, 4) is 0 Å². The van der Waals surface area contributed by atoms with E-state index in [0.717, 1.165) is 15.9 Å². The number of nitrogens with one attached hydrogen (secondary N) is 1. The highest BCUT2D eigenvalue weighted by Gasteiger charge is 2.13. The van der Waals surface area contributed by atoms with Gasteiger partial charge in [0.25, 0.3) is 0 Å². The Morgan fingerprint density at radius 3 is 2.42 bits per heavy atom. The van der Waals surface area contributed by atoms with Crippen molar-refractivity contribution >= 4 is 44.8 Å². The molecule has 0 unspecified atom stereocenters.